The van der Waals surface area contributed by atoms with Gasteiger partial charge in [0.05, 0.1) is 5.92 Å². The van der Waals surface area contributed by atoms with Crippen molar-refractivity contribution in [3.63, 3.8) is 0 Å². The van der Waals surface area contributed by atoms with Gasteiger partial charge in [0.15, 0.2) is 0 Å². The van der Waals surface area contributed by atoms with Gasteiger partial charge in [-0.15, -0.1) is 0 Å². The highest BCUT2D eigenvalue weighted by Crippen LogP contribution is 2.41. The van der Waals surface area contributed by atoms with Gasteiger partial charge < -0.3 is 10.6 Å². The molecular formula is C25H31F4N3. The smallest absolute Gasteiger partial charge is 0.371 e. The number of hydrogen-bond donors (Lipinski definition) is 1. The molecule has 1 unspecified atom stereocenters. The largest absolute Gasteiger partial charge is 0.392 e. The third-order valence-electron chi connectivity index (χ3n) is 6.38. The molecule has 0 saturated carbocycles. The monoisotopic (exact) mass is 449 g/mol. The zero-order valence-electron chi connectivity index (χ0n) is 18.7. The summed E-state index contributed by atoms with van der Waals surface area (Å²) in [5.74, 6) is -1.65. The van der Waals surface area contributed by atoms with Crippen LogP contribution in [0, 0.1) is 18.7 Å². The number of rotatable bonds is 5. The third-order valence-corrected chi connectivity index (χ3v) is 6.38. The maximum absolute atomic E-state index is 14.2. The van der Waals surface area contributed by atoms with Crippen molar-refractivity contribution in [1.29, 1.82) is 0 Å². The normalized spacial score (nSPS) is 21.8. The second kappa shape index (κ2) is 10.0. The number of nitrogens with two attached hydrogens (primary N) is 1. The maximum Gasteiger partial charge on any atom is 0.392 e. The molecule has 1 heterocycles. The van der Waals surface area contributed by atoms with Crippen LogP contribution in [0.4, 0.5) is 17.6 Å². The van der Waals surface area contributed by atoms with Gasteiger partial charge in [-0.2, -0.15) is 13.2 Å². The van der Waals surface area contributed by atoms with Crippen LogP contribution in [0.15, 0.2) is 52.3 Å². The van der Waals surface area contributed by atoms with Crippen LogP contribution in [0.2, 0.25) is 0 Å². The highest BCUT2D eigenvalue weighted by atomic mass is 19.4. The first-order valence-corrected chi connectivity index (χ1v) is 11.0. The van der Waals surface area contributed by atoms with Crippen LogP contribution in [-0.4, -0.2) is 36.9 Å². The van der Waals surface area contributed by atoms with Gasteiger partial charge in [-0.05, 0) is 87.1 Å². The SMILES string of the molecule is C=N/C=C(C1=CCC(C(F)(F)F)CC1)\C(=C(/C)c1cc(C)cc(F)c1)N1CCC(N)CC1. The Hall–Kier alpha value is -2.41. The van der Waals surface area contributed by atoms with E-state index in [1.807, 2.05) is 19.9 Å². The Kier molecular flexibility index (Phi) is 7.59. The van der Waals surface area contributed by atoms with Gasteiger partial charge in [0.2, 0.25) is 0 Å². The molecule has 32 heavy (non-hydrogen) atoms. The number of halogens is 4. The lowest BCUT2D eigenvalue weighted by Crippen LogP contribution is -2.40. The Balaban J connectivity index is 2.09. The van der Waals surface area contributed by atoms with Gasteiger partial charge in [0.1, 0.15) is 5.82 Å². The Morgan fingerprint density at radius 3 is 2.41 bits per heavy atom. The number of aliphatic imine (C=N–C) groups is 1. The zero-order valence-corrected chi connectivity index (χ0v) is 18.7. The van der Waals surface area contributed by atoms with Gasteiger partial charge in [-0.3, -0.25) is 4.99 Å². The van der Waals surface area contributed by atoms with E-state index in [0.717, 1.165) is 59.5 Å². The van der Waals surface area contributed by atoms with E-state index >= 15 is 0 Å². The molecule has 2 N–H and O–H groups in total. The minimum Gasteiger partial charge on any atom is -0.371 e. The van der Waals surface area contributed by atoms with E-state index in [1.165, 1.54) is 12.1 Å². The van der Waals surface area contributed by atoms with Crippen LogP contribution < -0.4 is 5.73 Å². The van der Waals surface area contributed by atoms with E-state index < -0.39 is 12.1 Å². The van der Waals surface area contributed by atoms with Crippen molar-refractivity contribution in [2.24, 2.45) is 16.6 Å². The third kappa shape index (κ3) is 5.68. The van der Waals surface area contributed by atoms with Crippen LogP contribution in [0.1, 0.15) is 50.2 Å². The number of alkyl halides is 3. The molecule has 1 saturated heterocycles. The van der Waals surface area contributed by atoms with E-state index in [2.05, 4.69) is 16.6 Å². The number of nitrogens with zero attached hydrogens (tertiary/aromatic N) is 2. The summed E-state index contributed by atoms with van der Waals surface area (Å²) in [5.41, 5.74) is 11.0. The van der Waals surface area contributed by atoms with Crippen LogP contribution in [0.3, 0.4) is 0 Å². The van der Waals surface area contributed by atoms with E-state index in [0.29, 0.717) is 6.42 Å². The fourth-order valence-corrected chi connectivity index (χ4v) is 4.59. The summed E-state index contributed by atoms with van der Waals surface area (Å²) < 4.78 is 53.8. The Labute approximate surface area is 187 Å². The summed E-state index contributed by atoms with van der Waals surface area (Å²) in [6, 6.07) is 5.00. The second-order valence-corrected chi connectivity index (χ2v) is 8.78. The first-order valence-electron chi connectivity index (χ1n) is 11.0. The number of allylic oxidation sites excluding steroid dienone is 3. The molecule has 1 aliphatic carbocycles. The Morgan fingerprint density at radius 1 is 1.19 bits per heavy atom. The molecule has 3 rings (SSSR count). The fourth-order valence-electron chi connectivity index (χ4n) is 4.59. The van der Waals surface area contributed by atoms with Crippen molar-refractivity contribution in [2.45, 2.75) is 58.2 Å². The summed E-state index contributed by atoms with van der Waals surface area (Å²) in [4.78, 5) is 6.19. The van der Waals surface area contributed by atoms with Crippen molar-refractivity contribution in [2.75, 3.05) is 13.1 Å². The lowest BCUT2D eigenvalue weighted by Gasteiger charge is -2.37. The summed E-state index contributed by atoms with van der Waals surface area (Å²) >= 11 is 0. The van der Waals surface area contributed by atoms with Crippen LogP contribution in [0.25, 0.3) is 5.57 Å². The number of piperidine rings is 1. The molecular weight excluding hydrogens is 418 g/mol. The minimum atomic E-state index is -4.20. The number of likely N-dealkylation sites (tertiary alicyclic amines) is 1. The lowest BCUT2D eigenvalue weighted by atomic mass is 9.83. The molecule has 3 nitrogen and oxygen atoms in total. The van der Waals surface area contributed by atoms with Crippen molar-refractivity contribution < 1.29 is 17.6 Å². The maximum atomic E-state index is 14.2. The van der Waals surface area contributed by atoms with E-state index in [4.69, 9.17) is 5.73 Å². The van der Waals surface area contributed by atoms with Crippen molar-refractivity contribution in [3.05, 3.63) is 64.3 Å². The van der Waals surface area contributed by atoms with Crippen LogP contribution in [0.5, 0.6) is 0 Å². The highest BCUT2D eigenvalue weighted by Gasteiger charge is 2.40. The van der Waals surface area contributed by atoms with Crippen molar-refractivity contribution in [3.8, 4) is 0 Å². The molecule has 1 aromatic carbocycles. The van der Waals surface area contributed by atoms with Gasteiger partial charge in [-0.25, -0.2) is 4.39 Å². The summed E-state index contributed by atoms with van der Waals surface area (Å²) in [5, 5.41) is 0. The topological polar surface area (TPSA) is 41.6 Å². The lowest BCUT2D eigenvalue weighted by molar-refractivity contribution is -0.176. The van der Waals surface area contributed by atoms with E-state index in [-0.39, 0.29) is 24.7 Å². The van der Waals surface area contributed by atoms with Gasteiger partial charge >= 0.3 is 6.18 Å². The summed E-state index contributed by atoms with van der Waals surface area (Å²) in [7, 11) is 0. The average Bonchev–Trinajstić information content (AvgIpc) is 2.73. The van der Waals surface area contributed by atoms with Crippen LogP contribution >= 0.6 is 0 Å². The summed E-state index contributed by atoms with van der Waals surface area (Å²) in [6.45, 7) is 8.79. The molecule has 1 atom stereocenters. The molecule has 1 aromatic rings. The fraction of sp³-hybridized carbons (Fsp3) is 0.480. The predicted octanol–water partition coefficient (Wildman–Crippen LogP) is 6.16. The van der Waals surface area contributed by atoms with E-state index in [1.54, 1.807) is 12.3 Å². The summed E-state index contributed by atoms with van der Waals surface area (Å²) in [6.07, 6.45) is 1.02. The number of aryl methyl sites for hydroxylation is 1. The molecule has 174 valence electrons. The van der Waals surface area contributed by atoms with Crippen molar-refractivity contribution >= 4 is 12.3 Å². The quantitative estimate of drug-likeness (QED) is 0.332. The molecule has 0 amide bonds. The molecule has 0 aromatic heterocycles. The first-order chi connectivity index (χ1) is 15.1. The molecule has 2 aliphatic rings. The van der Waals surface area contributed by atoms with Crippen molar-refractivity contribution in [1.82, 2.24) is 4.90 Å². The molecule has 1 fully saturated rings. The average molecular weight is 450 g/mol. The second-order valence-electron chi connectivity index (χ2n) is 8.78. The standard InChI is InChI=1S/C25H31F4N3/c1-16-12-19(14-21(26)13-16)17(2)24(32-10-8-22(30)9-11-32)23(15-31-3)18-4-6-20(7-5-18)25(27,28)29/h4,12-15,20,22H,3,5-11,30H2,1-2H3/b23-15-,24-17-. The molecule has 1 aliphatic heterocycles. The molecule has 0 spiro atoms. The molecule has 7 heteroatoms. The predicted molar refractivity (Wildman–Crippen MR) is 122 cm³/mol. The zero-order chi connectivity index (χ0) is 23.5. The number of benzene rings is 1. The number of hydrogen-bond acceptors (Lipinski definition) is 3. The van der Waals surface area contributed by atoms with Gasteiger partial charge in [0, 0.05) is 36.6 Å². The van der Waals surface area contributed by atoms with Gasteiger partial charge in [-0.1, -0.05) is 12.1 Å². The van der Waals surface area contributed by atoms with Crippen LogP contribution in [-0.2, 0) is 0 Å². The van der Waals surface area contributed by atoms with Gasteiger partial charge in [0.25, 0.3) is 0 Å². The molecule has 0 bridgehead atoms. The highest BCUT2D eigenvalue weighted by molar-refractivity contribution is 5.73. The first kappa shape index (κ1) is 24.2. The van der Waals surface area contributed by atoms with E-state index in [9.17, 15) is 17.6 Å². The minimum absolute atomic E-state index is 0.0418. The Bertz CT molecular complexity index is 915. The Morgan fingerprint density at radius 2 is 1.88 bits per heavy atom. The molecule has 0 radical (unpaired) electrons.